The van der Waals surface area contributed by atoms with Crippen molar-refractivity contribution in [1.82, 2.24) is 29.1 Å². The number of aryl methyl sites for hydroxylation is 3. The Bertz CT molecular complexity index is 1510. The van der Waals surface area contributed by atoms with Crippen LogP contribution in [-0.2, 0) is 7.05 Å². The van der Waals surface area contributed by atoms with Gasteiger partial charge in [-0.05, 0) is 43.7 Å². The Morgan fingerprint density at radius 3 is 2.42 bits per heavy atom. The van der Waals surface area contributed by atoms with Crippen molar-refractivity contribution < 1.29 is 0 Å². The number of hydrogen-bond acceptors (Lipinski definition) is 6. The molecule has 5 aromatic rings. The zero-order valence-electron chi connectivity index (χ0n) is 17.7. The first-order valence-electron chi connectivity index (χ1n) is 9.93. The Morgan fingerprint density at radius 2 is 1.71 bits per heavy atom. The molecular formula is C23H21N7O. The monoisotopic (exact) mass is 411 g/mol. The Morgan fingerprint density at radius 1 is 0.935 bits per heavy atom. The lowest BCUT2D eigenvalue weighted by atomic mass is 10.1. The van der Waals surface area contributed by atoms with Gasteiger partial charge in [-0.15, -0.1) is 0 Å². The van der Waals surface area contributed by atoms with Crippen molar-refractivity contribution in [2.45, 2.75) is 13.8 Å². The van der Waals surface area contributed by atoms with Gasteiger partial charge in [-0.2, -0.15) is 0 Å². The van der Waals surface area contributed by atoms with Crippen molar-refractivity contribution in [2.75, 3.05) is 12.4 Å². The summed E-state index contributed by atoms with van der Waals surface area (Å²) in [7, 11) is 3.55. The van der Waals surface area contributed by atoms with Crippen LogP contribution in [-0.4, -0.2) is 36.1 Å². The van der Waals surface area contributed by atoms with E-state index in [0.717, 1.165) is 50.1 Å². The van der Waals surface area contributed by atoms with Gasteiger partial charge in [-0.3, -0.25) is 19.1 Å². The summed E-state index contributed by atoms with van der Waals surface area (Å²) in [5.74, 6) is 0.563. The molecule has 0 unspecified atom stereocenters. The van der Waals surface area contributed by atoms with E-state index in [-0.39, 0.29) is 5.69 Å². The second-order valence-electron chi connectivity index (χ2n) is 7.50. The van der Waals surface area contributed by atoms with Crippen molar-refractivity contribution in [2.24, 2.45) is 7.05 Å². The second kappa shape index (κ2) is 7.02. The fourth-order valence-electron chi connectivity index (χ4n) is 3.92. The maximum absolute atomic E-state index is 13.2. The standard InChI is InChI=1S/C23H21N7O/c1-13-5-8-19(14(2)28-13)30-21-17-9-15(16-10-26-22(24-3)27-11-16)6-7-18(17)25-12-20(21)29(4)23(30)31/h5-12H,1-4H3,(H,24,26,27). The lowest BCUT2D eigenvalue weighted by Gasteiger charge is -2.10. The van der Waals surface area contributed by atoms with Crippen LogP contribution in [0.2, 0.25) is 0 Å². The Balaban J connectivity index is 1.84. The molecule has 0 saturated heterocycles. The van der Waals surface area contributed by atoms with Crippen molar-refractivity contribution in [3.63, 3.8) is 0 Å². The number of aromatic nitrogens is 6. The minimum absolute atomic E-state index is 0.134. The van der Waals surface area contributed by atoms with Gasteiger partial charge in [0.2, 0.25) is 5.95 Å². The van der Waals surface area contributed by atoms with Crippen molar-refractivity contribution in [3.05, 3.63) is 70.8 Å². The predicted molar refractivity (Wildman–Crippen MR) is 122 cm³/mol. The number of nitrogens with one attached hydrogen (secondary N) is 1. The van der Waals surface area contributed by atoms with Crippen LogP contribution in [0.3, 0.4) is 0 Å². The molecular weight excluding hydrogens is 390 g/mol. The third kappa shape index (κ3) is 2.95. The van der Waals surface area contributed by atoms with Crippen LogP contribution >= 0.6 is 0 Å². The molecule has 4 aromatic heterocycles. The highest BCUT2D eigenvalue weighted by Crippen LogP contribution is 2.30. The molecule has 5 rings (SSSR count). The topological polar surface area (TPSA) is 90.5 Å². The van der Waals surface area contributed by atoms with Crippen LogP contribution in [0.5, 0.6) is 0 Å². The maximum Gasteiger partial charge on any atom is 0.333 e. The SMILES string of the molecule is CNc1ncc(-c2ccc3ncc4c(c3c2)n(-c2ccc(C)nc2C)c(=O)n4C)cn1. The quantitative estimate of drug-likeness (QED) is 0.489. The smallest absolute Gasteiger partial charge is 0.333 e. The molecule has 1 N–H and O–H groups in total. The number of fused-ring (bicyclic) bond motifs is 3. The number of pyridine rings is 2. The summed E-state index contributed by atoms with van der Waals surface area (Å²) in [4.78, 5) is 31.0. The summed E-state index contributed by atoms with van der Waals surface area (Å²) < 4.78 is 3.35. The summed E-state index contributed by atoms with van der Waals surface area (Å²) in [5.41, 5.74) is 6.55. The third-order valence-electron chi connectivity index (χ3n) is 5.53. The van der Waals surface area contributed by atoms with E-state index in [9.17, 15) is 4.79 Å². The first-order chi connectivity index (χ1) is 15.0. The van der Waals surface area contributed by atoms with E-state index in [1.807, 2.05) is 44.2 Å². The minimum Gasteiger partial charge on any atom is -0.357 e. The predicted octanol–water partition coefficient (Wildman–Crippen LogP) is 3.39. The summed E-state index contributed by atoms with van der Waals surface area (Å²) in [5, 5.41) is 3.80. The number of benzene rings is 1. The van der Waals surface area contributed by atoms with E-state index in [0.29, 0.717) is 5.95 Å². The summed E-state index contributed by atoms with van der Waals surface area (Å²) in [6.45, 7) is 3.86. The summed E-state index contributed by atoms with van der Waals surface area (Å²) >= 11 is 0. The molecule has 154 valence electrons. The molecule has 0 spiro atoms. The molecule has 8 nitrogen and oxygen atoms in total. The van der Waals surface area contributed by atoms with Crippen LogP contribution in [0.4, 0.5) is 5.95 Å². The zero-order valence-corrected chi connectivity index (χ0v) is 17.7. The van der Waals surface area contributed by atoms with Gasteiger partial charge in [0, 0.05) is 43.1 Å². The molecule has 8 heteroatoms. The van der Waals surface area contributed by atoms with E-state index in [4.69, 9.17) is 0 Å². The van der Waals surface area contributed by atoms with Crippen LogP contribution in [0, 0.1) is 13.8 Å². The number of anilines is 1. The van der Waals surface area contributed by atoms with Crippen LogP contribution in [0.25, 0.3) is 38.8 Å². The number of rotatable bonds is 3. The second-order valence-corrected chi connectivity index (χ2v) is 7.50. The normalized spacial score (nSPS) is 11.4. The number of nitrogens with zero attached hydrogens (tertiary/aromatic N) is 6. The van der Waals surface area contributed by atoms with Crippen LogP contribution < -0.4 is 11.0 Å². The lowest BCUT2D eigenvalue weighted by Crippen LogP contribution is -2.21. The average Bonchev–Trinajstić information content (AvgIpc) is 3.04. The van der Waals surface area contributed by atoms with Crippen LogP contribution in [0.1, 0.15) is 11.4 Å². The van der Waals surface area contributed by atoms with Gasteiger partial charge in [-0.25, -0.2) is 14.8 Å². The van der Waals surface area contributed by atoms with Crippen molar-refractivity contribution in [3.8, 4) is 16.8 Å². The molecule has 0 fully saturated rings. The van der Waals surface area contributed by atoms with E-state index in [1.165, 1.54) is 0 Å². The van der Waals surface area contributed by atoms with E-state index >= 15 is 0 Å². The molecule has 4 heterocycles. The first kappa shape index (κ1) is 18.9. The average molecular weight is 411 g/mol. The highest BCUT2D eigenvalue weighted by Gasteiger charge is 2.18. The van der Waals surface area contributed by atoms with Gasteiger partial charge < -0.3 is 5.32 Å². The highest BCUT2D eigenvalue weighted by atomic mass is 16.1. The van der Waals surface area contributed by atoms with E-state index in [1.54, 1.807) is 41.8 Å². The van der Waals surface area contributed by atoms with Gasteiger partial charge >= 0.3 is 5.69 Å². The van der Waals surface area contributed by atoms with E-state index in [2.05, 4.69) is 25.3 Å². The van der Waals surface area contributed by atoms with Crippen LogP contribution in [0.15, 0.2) is 53.7 Å². The largest absolute Gasteiger partial charge is 0.357 e. The highest BCUT2D eigenvalue weighted by molar-refractivity contribution is 6.04. The molecule has 0 aliphatic carbocycles. The summed E-state index contributed by atoms with van der Waals surface area (Å²) in [6.07, 6.45) is 5.30. The summed E-state index contributed by atoms with van der Waals surface area (Å²) in [6, 6.07) is 9.85. The Labute approximate surface area is 178 Å². The maximum atomic E-state index is 13.2. The third-order valence-corrected chi connectivity index (χ3v) is 5.53. The molecule has 0 radical (unpaired) electrons. The number of hydrogen-bond donors (Lipinski definition) is 1. The molecule has 0 amide bonds. The van der Waals surface area contributed by atoms with Gasteiger partial charge in [0.15, 0.2) is 0 Å². The lowest BCUT2D eigenvalue weighted by molar-refractivity contribution is 0.839. The van der Waals surface area contributed by atoms with Gasteiger partial charge in [0.05, 0.1) is 34.1 Å². The Hall–Kier alpha value is -4.07. The fraction of sp³-hybridized carbons (Fsp3) is 0.174. The fourth-order valence-corrected chi connectivity index (χ4v) is 3.92. The first-order valence-corrected chi connectivity index (χ1v) is 9.93. The molecule has 0 aliphatic rings. The molecule has 0 aliphatic heterocycles. The van der Waals surface area contributed by atoms with Gasteiger partial charge in [0.25, 0.3) is 0 Å². The molecule has 0 bridgehead atoms. The Kier molecular flexibility index (Phi) is 4.28. The molecule has 1 aromatic carbocycles. The molecule has 0 saturated carbocycles. The van der Waals surface area contributed by atoms with E-state index < -0.39 is 0 Å². The number of imidazole rings is 1. The van der Waals surface area contributed by atoms with Crippen molar-refractivity contribution in [1.29, 1.82) is 0 Å². The molecule has 0 atom stereocenters. The minimum atomic E-state index is -0.134. The van der Waals surface area contributed by atoms with Crippen molar-refractivity contribution >= 4 is 27.9 Å². The van der Waals surface area contributed by atoms with Gasteiger partial charge in [-0.1, -0.05) is 6.07 Å². The molecule has 31 heavy (non-hydrogen) atoms. The van der Waals surface area contributed by atoms with Gasteiger partial charge in [0.1, 0.15) is 0 Å². The zero-order chi connectivity index (χ0) is 21.7.